The fraction of sp³-hybridized carbons (Fsp3) is 0.400. The summed E-state index contributed by atoms with van der Waals surface area (Å²) >= 11 is 0. The van der Waals surface area contributed by atoms with Gasteiger partial charge in [0.2, 0.25) is 5.88 Å². The standard InChI is InChI=1S/C20H23N5O3/c1-4-25-18-6-8-24(20(26)17-12-27-14(3)22-17)10-15(18)16(23-25)11-28-19-9-13(2)5-7-21-19/h5,7,9,12H,4,6,8,10-11H2,1-3H3. The molecule has 0 saturated carbocycles. The summed E-state index contributed by atoms with van der Waals surface area (Å²) in [4.78, 5) is 22.9. The van der Waals surface area contributed by atoms with Crippen LogP contribution < -0.4 is 4.74 Å². The summed E-state index contributed by atoms with van der Waals surface area (Å²) in [5.74, 6) is 0.931. The van der Waals surface area contributed by atoms with Crippen molar-refractivity contribution in [3.63, 3.8) is 0 Å². The lowest BCUT2D eigenvalue weighted by atomic mass is 10.0. The van der Waals surface area contributed by atoms with Crippen molar-refractivity contribution in [2.24, 2.45) is 0 Å². The van der Waals surface area contributed by atoms with Crippen LogP contribution in [0.15, 0.2) is 29.0 Å². The van der Waals surface area contributed by atoms with Gasteiger partial charge in [0.05, 0.1) is 0 Å². The van der Waals surface area contributed by atoms with Crippen molar-refractivity contribution in [1.82, 2.24) is 24.6 Å². The average molecular weight is 381 g/mol. The van der Waals surface area contributed by atoms with Crippen molar-refractivity contribution in [1.29, 1.82) is 0 Å². The number of amides is 1. The minimum Gasteiger partial charge on any atom is -0.471 e. The van der Waals surface area contributed by atoms with Gasteiger partial charge < -0.3 is 14.1 Å². The van der Waals surface area contributed by atoms with Gasteiger partial charge in [-0.05, 0) is 25.5 Å². The quantitative estimate of drug-likeness (QED) is 0.675. The van der Waals surface area contributed by atoms with Gasteiger partial charge in [-0.15, -0.1) is 0 Å². The Labute approximate surface area is 163 Å². The first-order valence-corrected chi connectivity index (χ1v) is 9.39. The molecule has 0 N–H and O–H groups in total. The van der Waals surface area contributed by atoms with Gasteiger partial charge in [-0.1, -0.05) is 0 Å². The topological polar surface area (TPSA) is 86.3 Å². The largest absolute Gasteiger partial charge is 0.471 e. The van der Waals surface area contributed by atoms with Crippen molar-refractivity contribution in [2.45, 2.75) is 46.9 Å². The van der Waals surface area contributed by atoms with E-state index in [9.17, 15) is 4.79 Å². The fourth-order valence-corrected chi connectivity index (χ4v) is 3.47. The third-order valence-electron chi connectivity index (χ3n) is 4.89. The molecule has 0 unspecified atom stereocenters. The normalized spacial score (nSPS) is 13.5. The van der Waals surface area contributed by atoms with E-state index in [2.05, 4.69) is 16.9 Å². The molecule has 146 valence electrons. The van der Waals surface area contributed by atoms with Crippen LogP contribution in [0, 0.1) is 13.8 Å². The maximum absolute atomic E-state index is 12.8. The molecule has 0 spiro atoms. The van der Waals surface area contributed by atoms with Gasteiger partial charge in [0.25, 0.3) is 5.91 Å². The van der Waals surface area contributed by atoms with E-state index >= 15 is 0 Å². The Bertz CT molecular complexity index is 1010. The first kappa shape index (κ1) is 18.2. The number of aromatic nitrogens is 4. The number of carbonyl (C=O) groups excluding carboxylic acids is 1. The molecule has 0 aliphatic carbocycles. The minimum absolute atomic E-state index is 0.126. The van der Waals surface area contributed by atoms with Gasteiger partial charge in [-0.25, -0.2) is 9.97 Å². The number of rotatable bonds is 5. The Morgan fingerprint density at radius 2 is 2.21 bits per heavy atom. The first-order chi connectivity index (χ1) is 13.5. The highest BCUT2D eigenvalue weighted by molar-refractivity contribution is 5.92. The highest BCUT2D eigenvalue weighted by Crippen LogP contribution is 2.25. The van der Waals surface area contributed by atoms with Gasteiger partial charge in [0.15, 0.2) is 11.6 Å². The third kappa shape index (κ3) is 3.49. The Balaban J connectivity index is 1.55. The molecule has 0 atom stereocenters. The van der Waals surface area contributed by atoms with E-state index in [1.807, 2.05) is 23.7 Å². The number of aryl methyl sites for hydroxylation is 3. The predicted molar refractivity (Wildman–Crippen MR) is 101 cm³/mol. The van der Waals surface area contributed by atoms with E-state index in [1.54, 1.807) is 18.0 Å². The summed E-state index contributed by atoms with van der Waals surface area (Å²) in [7, 11) is 0. The highest BCUT2D eigenvalue weighted by Gasteiger charge is 2.29. The monoisotopic (exact) mass is 381 g/mol. The second kappa shape index (κ2) is 7.46. The van der Waals surface area contributed by atoms with Crippen LogP contribution in [-0.4, -0.2) is 37.1 Å². The molecule has 8 heteroatoms. The zero-order valence-electron chi connectivity index (χ0n) is 16.3. The number of nitrogens with zero attached hydrogens (tertiary/aromatic N) is 5. The maximum atomic E-state index is 12.8. The smallest absolute Gasteiger partial charge is 0.276 e. The second-order valence-electron chi connectivity index (χ2n) is 6.88. The molecule has 4 rings (SSSR count). The fourth-order valence-electron chi connectivity index (χ4n) is 3.47. The predicted octanol–water partition coefficient (Wildman–Crippen LogP) is 2.68. The van der Waals surface area contributed by atoms with E-state index < -0.39 is 0 Å². The van der Waals surface area contributed by atoms with Gasteiger partial charge in [-0.3, -0.25) is 9.48 Å². The molecule has 1 aliphatic heterocycles. The van der Waals surface area contributed by atoms with Crippen LogP contribution in [0.5, 0.6) is 5.88 Å². The van der Waals surface area contributed by atoms with Crippen LogP contribution in [0.2, 0.25) is 0 Å². The van der Waals surface area contributed by atoms with Gasteiger partial charge in [0, 0.05) is 56.5 Å². The molecule has 1 amide bonds. The molecule has 3 aromatic heterocycles. The molecule has 0 bridgehead atoms. The summed E-state index contributed by atoms with van der Waals surface area (Å²) in [6.07, 6.45) is 3.89. The second-order valence-corrected chi connectivity index (χ2v) is 6.88. The zero-order valence-corrected chi connectivity index (χ0v) is 16.3. The molecule has 4 heterocycles. The maximum Gasteiger partial charge on any atom is 0.276 e. The zero-order chi connectivity index (χ0) is 19.7. The SMILES string of the molecule is CCn1nc(COc2cc(C)ccn2)c2c1CCN(C(=O)c1coc(C)n1)C2. The lowest BCUT2D eigenvalue weighted by Crippen LogP contribution is -2.36. The van der Waals surface area contributed by atoms with Gasteiger partial charge in [-0.2, -0.15) is 5.10 Å². The van der Waals surface area contributed by atoms with Crippen molar-refractivity contribution in [3.05, 3.63) is 58.7 Å². The third-order valence-corrected chi connectivity index (χ3v) is 4.89. The number of pyridine rings is 1. The van der Waals surface area contributed by atoms with E-state index in [-0.39, 0.29) is 5.91 Å². The van der Waals surface area contributed by atoms with E-state index in [0.717, 1.165) is 29.8 Å². The Morgan fingerprint density at radius 3 is 2.93 bits per heavy atom. The minimum atomic E-state index is -0.126. The lowest BCUT2D eigenvalue weighted by Gasteiger charge is -2.27. The van der Waals surface area contributed by atoms with E-state index in [4.69, 9.17) is 14.3 Å². The van der Waals surface area contributed by atoms with Gasteiger partial charge >= 0.3 is 0 Å². The molecule has 28 heavy (non-hydrogen) atoms. The number of hydrogen-bond donors (Lipinski definition) is 0. The Morgan fingerprint density at radius 1 is 1.36 bits per heavy atom. The first-order valence-electron chi connectivity index (χ1n) is 9.39. The van der Waals surface area contributed by atoms with Crippen LogP contribution in [0.1, 0.15) is 45.8 Å². The number of hydrogen-bond acceptors (Lipinski definition) is 6. The molecule has 0 radical (unpaired) electrons. The van der Waals surface area contributed by atoms with Crippen molar-refractivity contribution in [2.75, 3.05) is 6.54 Å². The van der Waals surface area contributed by atoms with E-state index in [1.165, 1.54) is 12.0 Å². The van der Waals surface area contributed by atoms with Crippen LogP contribution >= 0.6 is 0 Å². The van der Waals surface area contributed by atoms with Crippen LogP contribution in [0.4, 0.5) is 0 Å². The van der Waals surface area contributed by atoms with Crippen molar-refractivity contribution >= 4 is 5.91 Å². The summed E-state index contributed by atoms with van der Waals surface area (Å²) in [6.45, 7) is 8.00. The number of fused-ring (bicyclic) bond motifs is 1. The molecular formula is C20H23N5O3. The molecular weight excluding hydrogens is 358 g/mol. The summed E-state index contributed by atoms with van der Waals surface area (Å²) < 4.78 is 13.0. The highest BCUT2D eigenvalue weighted by atomic mass is 16.5. The van der Waals surface area contributed by atoms with Crippen LogP contribution in [-0.2, 0) is 26.1 Å². The van der Waals surface area contributed by atoms with Crippen LogP contribution in [0.3, 0.4) is 0 Å². The van der Waals surface area contributed by atoms with Gasteiger partial charge in [0.1, 0.15) is 18.6 Å². The van der Waals surface area contributed by atoms with Crippen molar-refractivity contribution in [3.8, 4) is 5.88 Å². The molecule has 3 aromatic rings. The van der Waals surface area contributed by atoms with E-state index in [0.29, 0.717) is 37.2 Å². The molecule has 0 fully saturated rings. The number of ether oxygens (including phenoxy) is 1. The number of oxazole rings is 1. The molecule has 8 nitrogen and oxygen atoms in total. The van der Waals surface area contributed by atoms with Crippen molar-refractivity contribution < 1.29 is 13.9 Å². The lowest BCUT2D eigenvalue weighted by molar-refractivity contribution is 0.0726. The molecule has 0 saturated heterocycles. The Kier molecular flexibility index (Phi) is 4.85. The summed E-state index contributed by atoms with van der Waals surface area (Å²) in [6, 6.07) is 3.82. The Hall–Kier alpha value is -3.16. The number of carbonyl (C=O) groups is 1. The summed E-state index contributed by atoms with van der Waals surface area (Å²) in [5.41, 5.74) is 4.48. The summed E-state index contributed by atoms with van der Waals surface area (Å²) in [5, 5.41) is 4.71. The molecule has 0 aromatic carbocycles. The molecule has 1 aliphatic rings. The van der Waals surface area contributed by atoms with Crippen LogP contribution in [0.25, 0.3) is 0 Å². The average Bonchev–Trinajstić information content (AvgIpc) is 3.29.